The zero-order chi connectivity index (χ0) is 14.8. The number of nitrogens with two attached hydrogens (primary N) is 1. The van der Waals surface area contributed by atoms with Crippen LogP contribution in [-0.2, 0) is 6.42 Å². The zero-order valence-electron chi connectivity index (χ0n) is 11.9. The highest BCUT2D eigenvalue weighted by Crippen LogP contribution is 2.27. The van der Waals surface area contributed by atoms with Crippen LogP contribution in [0.5, 0.6) is 5.75 Å². The van der Waals surface area contributed by atoms with Crippen LogP contribution in [0.15, 0.2) is 42.5 Å². The largest absolute Gasteiger partial charge is 0.488 e. The number of nitrogen functional groups attached to an aromatic ring is 1. The van der Waals surface area contributed by atoms with Gasteiger partial charge < -0.3 is 15.8 Å². The van der Waals surface area contributed by atoms with Gasteiger partial charge in [-0.3, -0.25) is 4.79 Å². The van der Waals surface area contributed by atoms with Crippen molar-refractivity contribution in [1.29, 1.82) is 0 Å². The van der Waals surface area contributed by atoms with Gasteiger partial charge in [0.2, 0.25) is 0 Å². The van der Waals surface area contributed by atoms with E-state index in [0.29, 0.717) is 17.8 Å². The average Bonchev–Trinajstić information content (AvgIpc) is 2.90. The first kappa shape index (κ1) is 13.5. The van der Waals surface area contributed by atoms with Crippen LogP contribution in [0.25, 0.3) is 0 Å². The lowest BCUT2D eigenvalue weighted by molar-refractivity contribution is 0.0933. The molecule has 0 fully saturated rings. The fraction of sp³-hybridized carbons (Fsp3) is 0.235. The highest BCUT2D eigenvalue weighted by molar-refractivity contribution is 5.96. The van der Waals surface area contributed by atoms with Crippen molar-refractivity contribution in [2.45, 2.75) is 19.4 Å². The average molecular weight is 282 g/mol. The molecule has 0 aliphatic carbocycles. The van der Waals surface area contributed by atoms with Gasteiger partial charge in [-0.15, -0.1) is 0 Å². The summed E-state index contributed by atoms with van der Waals surface area (Å²) in [5.74, 6) is 0.802. The Hall–Kier alpha value is -2.49. The van der Waals surface area contributed by atoms with Crippen molar-refractivity contribution in [3.63, 3.8) is 0 Å². The Morgan fingerprint density at radius 2 is 2.10 bits per heavy atom. The summed E-state index contributed by atoms with van der Waals surface area (Å²) in [5, 5.41) is 2.92. The third kappa shape index (κ3) is 2.70. The van der Waals surface area contributed by atoms with Gasteiger partial charge in [-0.05, 0) is 36.2 Å². The normalized spacial score (nSPS) is 16.1. The van der Waals surface area contributed by atoms with Crippen molar-refractivity contribution in [1.82, 2.24) is 5.32 Å². The Morgan fingerprint density at radius 1 is 1.29 bits per heavy atom. The number of anilines is 1. The molecule has 0 aromatic heterocycles. The van der Waals surface area contributed by atoms with E-state index in [0.717, 1.165) is 17.7 Å². The molecule has 1 unspecified atom stereocenters. The molecule has 4 heteroatoms. The summed E-state index contributed by atoms with van der Waals surface area (Å²) in [7, 11) is 0. The third-order valence-corrected chi connectivity index (χ3v) is 3.82. The summed E-state index contributed by atoms with van der Waals surface area (Å²) in [4.78, 5) is 12.2. The molecule has 0 saturated heterocycles. The lowest BCUT2D eigenvalue weighted by Gasteiger charge is -2.13. The van der Waals surface area contributed by atoms with E-state index >= 15 is 0 Å². The Labute approximate surface area is 123 Å². The number of hydrogen-bond acceptors (Lipinski definition) is 3. The Morgan fingerprint density at radius 3 is 2.90 bits per heavy atom. The third-order valence-electron chi connectivity index (χ3n) is 3.82. The first-order valence-electron chi connectivity index (χ1n) is 7.03. The number of ether oxygens (including phenoxy) is 1. The van der Waals surface area contributed by atoms with E-state index in [1.165, 1.54) is 5.56 Å². The van der Waals surface area contributed by atoms with Gasteiger partial charge in [0, 0.05) is 17.7 Å². The summed E-state index contributed by atoms with van der Waals surface area (Å²) in [5.41, 5.74) is 9.08. The van der Waals surface area contributed by atoms with Gasteiger partial charge in [0.1, 0.15) is 11.9 Å². The van der Waals surface area contributed by atoms with Crippen molar-refractivity contribution in [2.75, 3.05) is 12.3 Å². The van der Waals surface area contributed by atoms with Crippen LogP contribution >= 0.6 is 0 Å². The number of para-hydroxylation sites is 1. The second-order valence-corrected chi connectivity index (χ2v) is 5.28. The molecular formula is C17H18N2O2. The number of carbonyl (C=O) groups is 1. The number of benzene rings is 2. The number of fused-ring (bicyclic) bond motifs is 1. The first-order chi connectivity index (χ1) is 10.1. The highest BCUT2D eigenvalue weighted by atomic mass is 16.5. The summed E-state index contributed by atoms with van der Waals surface area (Å²) >= 11 is 0. The molecule has 2 aromatic rings. The molecule has 1 aliphatic rings. The number of carbonyl (C=O) groups excluding carboxylic acids is 1. The van der Waals surface area contributed by atoms with Gasteiger partial charge >= 0.3 is 0 Å². The zero-order valence-corrected chi connectivity index (χ0v) is 11.9. The van der Waals surface area contributed by atoms with Crippen molar-refractivity contribution in [3.8, 4) is 5.75 Å². The SMILES string of the molecule is Cc1c(N)cccc1C(=O)NCC1Cc2ccccc2O1. The second kappa shape index (κ2) is 5.48. The molecule has 1 heterocycles. The minimum absolute atomic E-state index is 0.00675. The number of nitrogens with one attached hydrogen (secondary N) is 1. The van der Waals surface area contributed by atoms with Gasteiger partial charge in [0.25, 0.3) is 5.91 Å². The number of amides is 1. The lowest BCUT2D eigenvalue weighted by Crippen LogP contribution is -2.34. The quantitative estimate of drug-likeness (QED) is 0.849. The monoisotopic (exact) mass is 282 g/mol. The predicted octanol–water partition coefficient (Wildman–Crippen LogP) is 2.31. The summed E-state index contributed by atoms with van der Waals surface area (Å²) in [6.07, 6.45) is 0.819. The minimum Gasteiger partial charge on any atom is -0.488 e. The minimum atomic E-state index is -0.112. The second-order valence-electron chi connectivity index (χ2n) is 5.28. The maximum absolute atomic E-state index is 12.2. The first-order valence-corrected chi connectivity index (χ1v) is 7.03. The molecular weight excluding hydrogens is 264 g/mol. The van der Waals surface area contributed by atoms with Crippen molar-refractivity contribution >= 4 is 11.6 Å². The van der Waals surface area contributed by atoms with E-state index in [-0.39, 0.29) is 12.0 Å². The van der Waals surface area contributed by atoms with Crippen LogP contribution in [0, 0.1) is 6.92 Å². The fourth-order valence-corrected chi connectivity index (χ4v) is 2.57. The van der Waals surface area contributed by atoms with Crippen molar-refractivity contribution in [2.24, 2.45) is 0 Å². The molecule has 1 aliphatic heterocycles. The van der Waals surface area contributed by atoms with E-state index in [2.05, 4.69) is 11.4 Å². The molecule has 108 valence electrons. The summed E-state index contributed by atoms with van der Waals surface area (Å²) < 4.78 is 5.81. The molecule has 0 spiro atoms. The van der Waals surface area contributed by atoms with Gasteiger partial charge in [-0.2, -0.15) is 0 Å². The molecule has 0 saturated carbocycles. The van der Waals surface area contributed by atoms with Crippen LogP contribution < -0.4 is 15.8 Å². The van der Waals surface area contributed by atoms with Crippen LogP contribution in [-0.4, -0.2) is 18.6 Å². The molecule has 3 N–H and O–H groups in total. The summed E-state index contributed by atoms with van der Waals surface area (Å²) in [6, 6.07) is 13.3. The maximum Gasteiger partial charge on any atom is 0.251 e. The van der Waals surface area contributed by atoms with E-state index < -0.39 is 0 Å². The van der Waals surface area contributed by atoms with Gasteiger partial charge in [-0.1, -0.05) is 24.3 Å². The maximum atomic E-state index is 12.2. The molecule has 1 atom stereocenters. The Balaban J connectivity index is 1.62. The van der Waals surface area contributed by atoms with Crippen LogP contribution in [0.2, 0.25) is 0 Å². The van der Waals surface area contributed by atoms with Crippen molar-refractivity contribution < 1.29 is 9.53 Å². The van der Waals surface area contributed by atoms with Gasteiger partial charge in [0.05, 0.1) is 6.54 Å². The van der Waals surface area contributed by atoms with Gasteiger partial charge in [-0.25, -0.2) is 0 Å². The number of hydrogen-bond donors (Lipinski definition) is 2. The van der Waals surface area contributed by atoms with E-state index in [1.807, 2.05) is 25.1 Å². The van der Waals surface area contributed by atoms with E-state index in [1.54, 1.807) is 18.2 Å². The van der Waals surface area contributed by atoms with Crippen LogP contribution in [0.4, 0.5) is 5.69 Å². The number of rotatable bonds is 3. The topological polar surface area (TPSA) is 64.4 Å². The standard InChI is InChI=1S/C17H18N2O2/c1-11-14(6-4-7-15(11)18)17(20)19-10-13-9-12-5-2-3-8-16(12)21-13/h2-8,13H,9-10,18H2,1H3,(H,19,20). The smallest absolute Gasteiger partial charge is 0.251 e. The molecule has 3 rings (SSSR count). The molecule has 0 radical (unpaired) electrons. The molecule has 2 aromatic carbocycles. The van der Waals surface area contributed by atoms with E-state index in [9.17, 15) is 4.79 Å². The lowest BCUT2D eigenvalue weighted by atomic mass is 10.1. The highest BCUT2D eigenvalue weighted by Gasteiger charge is 2.23. The predicted molar refractivity (Wildman–Crippen MR) is 82.5 cm³/mol. The Kier molecular flexibility index (Phi) is 3.52. The molecule has 0 bridgehead atoms. The molecule has 4 nitrogen and oxygen atoms in total. The Bertz CT molecular complexity index is 657. The fourth-order valence-electron chi connectivity index (χ4n) is 2.57. The van der Waals surface area contributed by atoms with E-state index in [4.69, 9.17) is 10.5 Å². The molecule has 21 heavy (non-hydrogen) atoms. The van der Waals surface area contributed by atoms with Crippen LogP contribution in [0.3, 0.4) is 0 Å². The van der Waals surface area contributed by atoms with Crippen molar-refractivity contribution in [3.05, 3.63) is 59.2 Å². The molecule has 1 amide bonds. The summed E-state index contributed by atoms with van der Waals surface area (Å²) in [6.45, 7) is 2.34. The van der Waals surface area contributed by atoms with Crippen LogP contribution in [0.1, 0.15) is 21.5 Å². The van der Waals surface area contributed by atoms with Gasteiger partial charge in [0.15, 0.2) is 0 Å².